The van der Waals surface area contributed by atoms with Crippen LogP contribution in [0.15, 0.2) is 5.10 Å². The lowest BCUT2D eigenvalue weighted by atomic mass is 9.70. The molecule has 2 heteroatoms. The Balaban J connectivity index is 3.00. The number of nitrogens with zero attached hydrogens (tertiary/aromatic N) is 2. The quantitative estimate of drug-likeness (QED) is 0.609. The van der Waals surface area contributed by atoms with Crippen LogP contribution in [0, 0.1) is 11.3 Å². The van der Waals surface area contributed by atoms with Gasteiger partial charge in [0, 0.05) is 24.7 Å². The van der Waals surface area contributed by atoms with Gasteiger partial charge in [-0.2, -0.15) is 5.10 Å². The van der Waals surface area contributed by atoms with Crippen molar-refractivity contribution in [3.63, 3.8) is 0 Å². The SMILES string of the molecule is CCC1=NN(C)C(C)C(C)(C)C1C. The van der Waals surface area contributed by atoms with Crippen molar-refractivity contribution in [2.24, 2.45) is 16.4 Å². The van der Waals surface area contributed by atoms with Crippen LogP contribution in [-0.2, 0) is 0 Å². The molecule has 13 heavy (non-hydrogen) atoms. The second-order valence-electron chi connectivity index (χ2n) is 4.74. The van der Waals surface area contributed by atoms with E-state index in [9.17, 15) is 0 Å². The van der Waals surface area contributed by atoms with E-state index in [0.29, 0.717) is 17.4 Å². The first-order chi connectivity index (χ1) is 5.91. The summed E-state index contributed by atoms with van der Waals surface area (Å²) in [5.41, 5.74) is 1.67. The lowest BCUT2D eigenvalue weighted by Gasteiger charge is -2.46. The Morgan fingerprint density at radius 2 is 1.92 bits per heavy atom. The number of hydrogen-bond donors (Lipinski definition) is 0. The molecule has 1 heterocycles. The van der Waals surface area contributed by atoms with Crippen LogP contribution in [0.2, 0.25) is 0 Å². The van der Waals surface area contributed by atoms with E-state index in [2.05, 4.69) is 51.8 Å². The molecule has 0 aromatic heterocycles. The molecule has 0 aromatic carbocycles. The number of hydrazone groups is 1. The summed E-state index contributed by atoms with van der Waals surface area (Å²) in [5, 5.41) is 6.72. The Labute approximate surface area is 82.0 Å². The highest BCUT2D eigenvalue weighted by Crippen LogP contribution is 2.38. The molecule has 0 aromatic rings. The summed E-state index contributed by atoms with van der Waals surface area (Å²) < 4.78 is 0. The number of hydrogen-bond acceptors (Lipinski definition) is 2. The molecule has 1 aliphatic rings. The minimum atomic E-state index is 0.335. The lowest BCUT2D eigenvalue weighted by Crippen LogP contribution is -2.49. The predicted molar refractivity (Wildman–Crippen MR) is 57.9 cm³/mol. The normalized spacial score (nSPS) is 33.1. The monoisotopic (exact) mass is 182 g/mol. The summed E-state index contributed by atoms with van der Waals surface area (Å²) in [7, 11) is 2.08. The third-order valence-corrected chi connectivity index (χ3v) is 3.90. The molecule has 0 radical (unpaired) electrons. The first-order valence-electron chi connectivity index (χ1n) is 5.21. The summed E-state index contributed by atoms with van der Waals surface area (Å²) in [6.07, 6.45) is 1.07. The Morgan fingerprint density at radius 1 is 1.38 bits per heavy atom. The maximum Gasteiger partial charge on any atom is 0.0496 e. The first-order valence-corrected chi connectivity index (χ1v) is 5.21. The van der Waals surface area contributed by atoms with Gasteiger partial charge in [0.05, 0.1) is 0 Å². The van der Waals surface area contributed by atoms with Crippen molar-refractivity contribution in [1.82, 2.24) is 5.01 Å². The molecule has 1 rings (SSSR count). The van der Waals surface area contributed by atoms with Gasteiger partial charge in [-0.15, -0.1) is 0 Å². The smallest absolute Gasteiger partial charge is 0.0496 e. The minimum absolute atomic E-state index is 0.335. The van der Waals surface area contributed by atoms with Crippen molar-refractivity contribution in [2.45, 2.75) is 47.1 Å². The fraction of sp³-hybridized carbons (Fsp3) is 0.909. The molecule has 0 saturated carbocycles. The molecule has 0 aliphatic carbocycles. The molecule has 0 amide bonds. The van der Waals surface area contributed by atoms with Gasteiger partial charge in [-0.05, 0) is 18.8 Å². The highest BCUT2D eigenvalue weighted by molar-refractivity contribution is 5.87. The molecular formula is C11H22N2. The number of rotatable bonds is 1. The van der Waals surface area contributed by atoms with Gasteiger partial charge in [0.25, 0.3) is 0 Å². The zero-order chi connectivity index (χ0) is 10.2. The molecule has 2 nitrogen and oxygen atoms in total. The Bertz CT molecular complexity index is 218. The van der Waals surface area contributed by atoms with Crippen LogP contribution in [0.4, 0.5) is 0 Å². The summed E-state index contributed by atoms with van der Waals surface area (Å²) in [6, 6.07) is 0.526. The maximum atomic E-state index is 4.61. The highest BCUT2D eigenvalue weighted by atomic mass is 15.5. The lowest BCUT2D eigenvalue weighted by molar-refractivity contribution is 0.0823. The zero-order valence-corrected chi connectivity index (χ0v) is 9.76. The minimum Gasteiger partial charge on any atom is -0.297 e. The van der Waals surface area contributed by atoms with Crippen molar-refractivity contribution < 1.29 is 0 Å². The fourth-order valence-electron chi connectivity index (χ4n) is 2.03. The van der Waals surface area contributed by atoms with E-state index in [-0.39, 0.29) is 0 Å². The molecule has 2 unspecified atom stereocenters. The summed E-state index contributed by atoms with van der Waals surface area (Å²) in [4.78, 5) is 0. The average molecular weight is 182 g/mol. The van der Waals surface area contributed by atoms with Crippen molar-refractivity contribution in [1.29, 1.82) is 0 Å². The van der Waals surface area contributed by atoms with Crippen LogP contribution in [0.5, 0.6) is 0 Å². The molecule has 76 valence electrons. The van der Waals surface area contributed by atoms with E-state index in [1.807, 2.05) is 0 Å². The van der Waals surface area contributed by atoms with E-state index in [1.165, 1.54) is 5.71 Å². The van der Waals surface area contributed by atoms with Crippen molar-refractivity contribution in [3.8, 4) is 0 Å². The molecular weight excluding hydrogens is 160 g/mol. The van der Waals surface area contributed by atoms with E-state index >= 15 is 0 Å². The molecule has 0 fully saturated rings. The zero-order valence-electron chi connectivity index (χ0n) is 9.76. The van der Waals surface area contributed by atoms with Crippen LogP contribution in [-0.4, -0.2) is 23.8 Å². The first kappa shape index (κ1) is 10.6. The van der Waals surface area contributed by atoms with Gasteiger partial charge < -0.3 is 0 Å². The summed E-state index contributed by atoms with van der Waals surface area (Å²) >= 11 is 0. The van der Waals surface area contributed by atoms with E-state index in [4.69, 9.17) is 0 Å². The van der Waals surface area contributed by atoms with Crippen molar-refractivity contribution in [2.75, 3.05) is 7.05 Å². The Kier molecular flexibility index (Phi) is 2.69. The van der Waals surface area contributed by atoms with E-state index in [0.717, 1.165) is 6.42 Å². The third kappa shape index (κ3) is 1.59. The second-order valence-corrected chi connectivity index (χ2v) is 4.74. The van der Waals surface area contributed by atoms with Crippen LogP contribution < -0.4 is 0 Å². The van der Waals surface area contributed by atoms with Gasteiger partial charge in [-0.25, -0.2) is 0 Å². The second kappa shape index (κ2) is 3.32. The van der Waals surface area contributed by atoms with Gasteiger partial charge in [0.2, 0.25) is 0 Å². The van der Waals surface area contributed by atoms with Gasteiger partial charge >= 0.3 is 0 Å². The summed E-state index contributed by atoms with van der Waals surface area (Å²) in [6.45, 7) is 11.4. The van der Waals surface area contributed by atoms with Gasteiger partial charge in [-0.3, -0.25) is 5.01 Å². The third-order valence-electron chi connectivity index (χ3n) is 3.90. The Hall–Kier alpha value is -0.530. The Morgan fingerprint density at radius 3 is 2.38 bits per heavy atom. The van der Waals surface area contributed by atoms with Crippen molar-refractivity contribution in [3.05, 3.63) is 0 Å². The fourth-order valence-corrected chi connectivity index (χ4v) is 2.03. The molecule has 0 spiro atoms. The van der Waals surface area contributed by atoms with Gasteiger partial charge in [0.15, 0.2) is 0 Å². The molecule has 1 aliphatic heterocycles. The molecule has 0 bridgehead atoms. The van der Waals surface area contributed by atoms with Crippen molar-refractivity contribution >= 4 is 5.71 Å². The maximum absolute atomic E-state index is 4.61. The van der Waals surface area contributed by atoms with Crippen LogP contribution in [0.1, 0.15) is 41.0 Å². The molecule has 0 N–H and O–H groups in total. The highest BCUT2D eigenvalue weighted by Gasteiger charge is 2.39. The van der Waals surface area contributed by atoms with Crippen LogP contribution in [0.25, 0.3) is 0 Å². The predicted octanol–water partition coefficient (Wildman–Crippen LogP) is 2.75. The molecule has 0 saturated heterocycles. The standard InChI is InChI=1S/C11H22N2/c1-7-10-8(2)11(4,5)9(3)13(6)12-10/h8-9H,7H2,1-6H3. The van der Waals surface area contributed by atoms with E-state index < -0.39 is 0 Å². The van der Waals surface area contributed by atoms with Gasteiger partial charge in [-0.1, -0.05) is 27.7 Å². The average Bonchev–Trinajstić information content (AvgIpc) is 2.09. The van der Waals surface area contributed by atoms with Crippen LogP contribution >= 0.6 is 0 Å². The topological polar surface area (TPSA) is 15.6 Å². The van der Waals surface area contributed by atoms with E-state index in [1.54, 1.807) is 0 Å². The largest absolute Gasteiger partial charge is 0.297 e. The summed E-state index contributed by atoms with van der Waals surface area (Å²) in [5.74, 6) is 0.601. The van der Waals surface area contributed by atoms with Gasteiger partial charge in [0.1, 0.15) is 0 Å². The molecule has 2 atom stereocenters. The van der Waals surface area contributed by atoms with Crippen LogP contribution in [0.3, 0.4) is 0 Å².